The van der Waals surface area contributed by atoms with Gasteiger partial charge in [-0.25, -0.2) is 0 Å². The number of benzene rings is 1. The molecule has 0 fully saturated rings. The van der Waals surface area contributed by atoms with Gasteiger partial charge in [0.15, 0.2) is 5.96 Å². The number of nitrogens with zero attached hydrogens (tertiary/aromatic N) is 1. The first-order valence-electron chi connectivity index (χ1n) is 7.35. The van der Waals surface area contributed by atoms with E-state index in [1.807, 2.05) is 25.1 Å². The van der Waals surface area contributed by atoms with Crippen molar-refractivity contribution in [2.24, 2.45) is 22.4 Å². The second-order valence-electron chi connectivity index (χ2n) is 5.76. The van der Waals surface area contributed by atoms with Gasteiger partial charge in [-0.3, -0.25) is 9.35 Å². The monoisotopic (exact) mass is 353 g/mol. The quantitative estimate of drug-likeness (QED) is 0.395. The fourth-order valence-corrected chi connectivity index (χ4v) is 2.48. The largest absolute Gasteiger partial charge is 0.370 e. The maximum absolute atomic E-state index is 12.1. The van der Waals surface area contributed by atoms with E-state index in [-0.39, 0.29) is 17.8 Å². The average Bonchev–Trinajstić information content (AvgIpc) is 2.57. The van der Waals surface area contributed by atoms with Crippen LogP contribution in [0.2, 0.25) is 0 Å². The molecule has 2 rings (SSSR count). The van der Waals surface area contributed by atoms with E-state index in [4.69, 9.17) is 16.0 Å². The molecule has 1 aromatic rings. The van der Waals surface area contributed by atoms with Gasteiger partial charge in [0.2, 0.25) is 0 Å². The highest BCUT2D eigenvalue weighted by atomic mass is 32.2. The van der Waals surface area contributed by atoms with E-state index in [0.717, 1.165) is 18.4 Å². The Morgan fingerprint density at radius 3 is 2.46 bits per heavy atom. The molecule has 0 saturated carbocycles. The molecular formula is C16H23N3O4S. The molecule has 1 unspecified atom stereocenters. The summed E-state index contributed by atoms with van der Waals surface area (Å²) in [6.07, 6.45) is 4.54. The first kappa shape index (κ1) is 19.9. The van der Waals surface area contributed by atoms with Crippen LogP contribution in [-0.4, -0.2) is 31.1 Å². The van der Waals surface area contributed by atoms with Crippen LogP contribution in [0.15, 0.2) is 28.8 Å². The smallest absolute Gasteiger partial charge is 0.276 e. The minimum atomic E-state index is -3.67. The van der Waals surface area contributed by atoms with E-state index < -0.39 is 10.1 Å². The van der Waals surface area contributed by atoms with Crippen molar-refractivity contribution in [3.8, 4) is 0 Å². The number of fused-ring (bicyclic) bond motifs is 1. The molecule has 0 bridgehead atoms. The molecule has 0 spiro atoms. The number of carbonyl (C=O) groups excluding carboxylic acids is 1. The number of nitrogens with two attached hydrogens (primary N) is 2. The van der Waals surface area contributed by atoms with Crippen LogP contribution in [0.3, 0.4) is 0 Å². The highest BCUT2D eigenvalue weighted by Gasteiger charge is 2.21. The molecule has 1 amide bonds. The number of rotatable bonds is 1. The van der Waals surface area contributed by atoms with Crippen LogP contribution >= 0.6 is 0 Å². The van der Waals surface area contributed by atoms with Gasteiger partial charge in [0, 0.05) is 5.57 Å². The summed E-state index contributed by atoms with van der Waals surface area (Å²) >= 11 is 0. The van der Waals surface area contributed by atoms with Crippen molar-refractivity contribution >= 4 is 28.1 Å². The highest BCUT2D eigenvalue weighted by molar-refractivity contribution is 7.85. The molecule has 0 heterocycles. The normalized spacial score (nSPS) is 16.7. The van der Waals surface area contributed by atoms with E-state index in [1.54, 1.807) is 0 Å². The Morgan fingerprint density at radius 2 is 1.92 bits per heavy atom. The first-order valence-corrected chi connectivity index (χ1v) is 9.20. The molecule has 24 heavy (non-hydrogen) atoms. The van der Waals surface area contributed by atoms with Crippen LogP contribution in [0.4, 0.5) is 0 Å². The topological polar surface area (TPSA) is 136 Å². The van der Waals surface area contributed by atoms with Gasteiger partial charge in [0.25, 0.3) is 16.0 Å². The van der Waals surface area contributed by atoms with Crippen LogP contribution in [-0.2, 0) is 21.3 Å². The summed E-state index contributed by atoms with van der Waals surface area (Å²) < 4.78 is 25.9. The van der Waals surface area contributed by atoms with Crippen LogP contribution in [0.5, 0.6) is 0 Å². The van der Waals surface area contributed by atoms with E-state index in [2.05, 4.69) is 18.0 Å². The number of hydrogen-bond donors (Lipinski definition) is 3. The van der Waals surface area contributed by atoms with Crippen molar-refractivity contribution in [1.82, 2.24) is 0 Å². The lowest BCUT2D eigenvalue weighted by Crippen LogP contribution is -2.25. The molecule has 8 heteroatoms. The van der Waals surface area contributed by atoms with Crippen LogP contribution in [0.1, 0.15) is 30.0 Å². The predicted octanol–water partition coefficient (Wildman–Crippen LogP) is 1.26. The Labute approximate surface area is 142 Å². The standard InChI is InChI=1S/C15H19N3O.CH4O3S/c1-9-4-3-5-11-8-13(14(19)18-15(16)17)10(2)6-7-12(9)11;1-5(2,3)4/h3-5,8,10H,6-7H2,1-2H3,(H4,16,17,18,19);1H3,(H,2,3,4). The maximum Gasteiger partial charge on any atom is 0.276 e. The predicted molar refractivity (Wildman–Crippen MR) is 94.9 cm³/mol. The molecule has 1 aliphatic carbocycles. The van der Waals surface area contributed by atoms with Crippen LogP contribution in [0, 0.1) is 12.8 Å². The third kappa shape index (κ3) is 6.51. The van der Waals surface area contributed by atoms with Gasteiger partial charge >= 0.3 is 0 Å². The minimum Gasteiger partial charge on any atom is -0.370 e. The number of guanidine groups is 1. The van der Waals surface area contributed by atoms with E-state index >= 15 is 0 Å². The fourth-order valence-electron chi connectivity index (χ4n) is 2.48. The van der Waals surface area contributed by atoms with Gasteiger partial charge in [-0.15, -0.1) is 0 Å². The molecular weight excluding hydrogens is 330 g/mol. The number of hydrogen-bond acceptors (Lipinski definition) is 3. The summed E-state index contributed by atoms with van der Waals surface area (Å²) in [6.45, 7) is 4.13. The minimum absolute atomic E-state index is 0.155. The third-order valence-electron chi connectivity index (χ3n) is 3.59. The zero-order chi connectivity index (χ0) is 18.5. The van der Waals surface area contributed by atoms with E-state index in [0.29, 0.717) is 11.8 Å². The van der Waals surface area contributed by atoms with Crippen molar-refractivity contribution in [3.05, 3.63) is 40.5 Å². The summed E-state index contributed by atoms with van der Waals surface area (Å²) in [7, 11) is -3.67. The maximum atomic E-state index is 12.1. The van der Waals surface area contributed by atoms with Crippen LogP contribution in [0.25, 0.3) is 6.08 Å². The zero-order valence-electron chi connectivity index (χ0n) is 14.0. The number of aryl methyl sites for hydroxylation is 1. The van der Waals surface area contributed by atoms with Gasteiger partial charge in [0.05, 0.1) is 6.26 Å². The lowest BCUT2D eigenvalue weighted by atomic mass is 9.96. The Kier molecular flexibility index (Phi) is 6.68. The first-order chi connectivity index (χ1) is 11.0. The molecule has 0 aromatic heterocycles. The molecule has 0 saturated heterocycles. The molecule has 7 nitrogen and oxygen atoms in total. The lowest BCUT2D eigenvalue weighted by molar-refractivity contribution is -0.114. The summed E-state index contributed by atoms with van der Waals surface area (Å²) in [5, 5.41) is 0. The highest BCUT2D eigenvalue weighted by Crippen LogP contribution is 2.29. The van der Waals surface area contributed by atoms with Crippen molar-refractivity contribution < 1.29 is 17.8 Å². The Bertz CT molecular complexity index is 771. The van der Waals surface area contributed by atoms with Crippen molar-refractivity contribution in [2.75, 3.05) is 6.26 Å². The van der Waals surface area contributed by atoms with Crippen molar-refractivity contribution in [3.63, 3.8) is 0 Å². The van der Waals surface area contributed by atoms with Crippen molar-refractivity contribution in [1.29, 1.82) is 0 Å². The Balaban J connectivity index is 0.000000505. The molecule has 0 aliphatic heterocycles. The molecule has 132 valence electrons. The summed E-state index contributed by atoms with van der Waals surface area (Å²) in [6, 6.07) is 6.13. The van der Waals surface area contributed by atoms with Crippen LogP contribution < -0.4 is 11.5 Å². The van der Waals surface area contributed by atoms with Crippen molar-refractivity contribution in [2.45, 2.75) is 26.7 Å². The second-order valence-corrected chi connectivity index (χ2v) is 7.22. The Hall–Kier alpha value is -2.19. The zero-order valence-corrected chi connectivity index (χ0v) is 14.8. The lowest BCUT2D eigenvalue weighted by Gasteiger charge is -2.10. The fraction of sp³-hybridized carbons (Fsp3) is 0.375. The van der Waals surface area contributed by atoms with Gasteiger partial charge in [0.1, 0.15) is 0 Å². The summed E-state index contributed by atoms with van der Waals surface area (Å²) in [4.78, 5) is 15.7. The molecule has 1 aliphatic rings. The number of amides is 1. The van der Waals surface area contributed by atoms with E-state index in [1.165, 1.54) is 11.1 Å². The number of aliphatic imine (C=N–C) groups is 1. The molecule has 0 radical (unpaired) electrons. The van der Waals surface area contributed by atoms with Gasteiger partial charge in [-0.05, 0) is 48.4 Å². The third-order valence-corrected chi connectivity index (χ3v) is 3.59. The van der Waals surface area contributed by atoms with E-state index in [9.17, 15) is 13.2 Å². The Morgan fingerprint density at radius 1 is 1.33 bits per heavy atom. The molecule has 1 aromatic carbocycles. The van der Waals surface area contributed by atoms with Gasteiger partial charge in [-0.1, -0.05) is 25.1 Å². The second kappa shape index (κ2) is 8.07. The summed E-state index contributed by atoms with van der Waals surface area (Å²) in [5.41, 5.74) is 14.9. The van der Waals surface area contributed by atoms with Gasteiger partial charge in [-0.2, -0.15) is 13.4 Å². The SMILES string of the molecule is CS(=O)(=O)O.Cc1cccc2c1CCC(C)C(C(=O)N=C(N)N)=C2. The van der Waals surface area contributed by atoms with Gasteiger partial charge < -0.3 is 11.5 Å². The number of carbonyl (C=O) groups is 1. The summed E-state index contributed by atoms with van der Waals surface area (Å²) in [5.74, 6) is -0.365. The molecule has 1 atom stereocenters. The average molecular weight is 353 g/mol. The molecule has 5 N–H and O–H groups in total.